The van der Waals surface area contributed by atoms with Gasteiger partial charge in [-0.3, -0.25) is 19.7 Å². The molecule has 0 unspecified atom stereocenters. The number of halogens is 1. The second-order valence-corrected chi connectivity index (χ2v) is 7.21. The number of carbonyl (C=O) groups is 2. The number of benzene rings is 1. The van der Waals surface area contributed by atoms with Crippen LogP contribution in [0.15, 0.2) is 33.9 Å². The molecule has 2 amide bonds. The van der Waals surface area contributed by atoms with Gasteiger partial charge in [-0.25, -0.2) is 0 Å². The van der Waals surface area contributed by atoms with Crippen molar-refractivity contribution in [3.8, 4) is 5.75 Å². The standard InChI is InChI=1S/C16H12BrN3O5/c17-10-3-7(4-11(14(10)21)20(24)25)6-18-19-15(22)12-8-1-2-9(5-8)13(12)16(19)23/h1-4,6,8-9,12-13,21H,5H2/t8-,9-,12-,13+/m0/s1. The van der Waals surface area contributed by atoms with Gasteiger partial charge in [0.25, 0.3) is 11.8 Å². The summed E-state index contributed by atoms with van der Waals surface area (Å²) in [7, 11) is 0. The number of hydrogen-bond acceptors (Lipinski definition) is 6. The lowest BCUT2D eigenvalue weighted by Crippen LogP contribution is -2.28. The number of amides is 2. The Balaban J connectivity index is 1.62. The van der Waals surface area contributed by atoms with E-state index < -0.39 is 16.4 Å². The first kappa shape index (κ1) is 15.9. The Kier molecular flexibility index (Phi) is 3.50. The van der Waals surface area contributed by atoms with Gasteiger partial charge in [-0.05, 0) is 40.3 Å². The Morgan fingerprint density at radius 3 is 2.40 bits per heavy atom. The minimum atomic E-state index is -0.725. The minimum absolute atomic E-state index is 0.0931. The van der Waals surface area contributed by atoms with Crippen LogP contribution in [0.3, 0.4) is 0 Å². The number of hydrazone groups is 1. The summed E-state index contributed by atoms with van der Waals surface area (Å²) in [6.45, 7) is 0. The maximum atomic E-state index is 12.5. The summed E-state index contributed by atoms with van der Waals surface area (Å²) in [5.41, 5.74) is -0.204. The number of allylic oxidation sites excluding steroid dienone is 2. The molecule has 1 saturated heterocycles. The molecule has 0 spiro atoms. The highest BCUT2D eigenvalue weighted by Gasteiger charge is 2.59. The largest absolute Gasteiger partial charge is 0.501 e. The van der Waals surface area contributed by atoms with Crippen LogP contribution in [-0.2, 0) is 9.59 Å². The smallest absolute Gasteiger partial charge is 0.312 e. The van der Waals surface area contributed by atoms with Crippen LogP contribution in [0.1, 0.15) is 12.0 Å². The molecule has 8 nitrogen and oxygen atoms in total. The summed E-state index contributed by atoms with van der Waals surface area (Å²) in [6, 6.07) is 2.55. The summed E-state index contributed by atoms with van der Waals surface area (Å²) in [6.07, 6.45) is 6.03. The zero-order chi connectivity index (χ0) is 17.9. The van der Waals surface area contributed by atoms with Gasteiger partial charge in [0.1, 0.15) is 0 Å². The van der Waals surface area contributed by atoms with Gasteiger partial charge < -0.3 is 5.11 Å². The third-order valence-corrected chi connectivity index (χ3v) is 5.64. The van der Waals surface area contributed by atoms with Crippen molar-refractivity contribution >= 4 is 39.6 Å². The Labute approximate surface area is 150 Å². The summed E-state index contributed by atoms with van der Waals surface area (Å²) in [4.78, 5) is 35.2. The number of hydrogen-bond donors (Lipinski definition) is 1. The molecule has 128 valence electrons. The highest BCUT2D eigenvalue weighted by Crippen LogP contribution is 2.52. The molecule has 3 aliphatic rings. The van der Waals surface area contributed by atoms with E-state index in [0.29, 0.717) is 0 Å². The molecule has 4 rings (SSSR count). The van der Waals surface area contributed by atoms with E-state index in [1.807, 2.05) is 12.2 Å². The number of phenolic OH excluding ortho intramolecular Hbond substituents is 1. The summed E-state index contributed by atoms with van der Waals surface area (Å²) >= 11 is 3.03. The highest BCUT2D eigenvalue weighted by molar-refractivity contribution is 9.10. The SMILES string of the molecule is O=C1[C@@H]2[C@H](C(=O)N1N=Cc1cc(Br)c(O)c([N+](=O)[O-])c1)[C@H]1C=C[C@H]2C1. The first-order chi connectivity index (χ1) is 11.9. The van der Waals surface area contributed by atoms with E-state index >= 15 is 0 Å². The first-order valence-electron chi connectivity index (χ1n) is 7.65. The predicted molar refractivity (Wildman–Crippen MR) is 89.6 cm³/mol. The van der Waals surface area contributed by atoms with Gasteiger partial charge in [0.05, 0.1) is 27.4 Å². The van der Waals surface area contributed by atoms with E-state index in [-0.39, 0.29) is 45.5 Å². The maximum Gasteiger partial charge on any atom is 0.312 e. The van der Waals surface area contributed by atoms with Crippen molar-refractivity contribution in [1.29, 1.82) is 0 Å². The van der Waals surface area contributed by atoms with Crippen LogP contribution in [0, 0.1) is 33.8 Å². The number of imide groups is 1. The second kappa shape index (κ2) is 5.48. The number of phenols is 1. The van der Waals surface area contributed by atoms with Gasteiger partial charge in [0.15, 0.2) is 0 Å². The van der Waals surface area contributed by atoms with Gasteiger partial charge in [-0.15, -0.1) is 0 Å². The maximum absolute atomic E-state index is 12.5. The van der Waals surface area contributed by atoms with E-state index in [1.54, 1.807) is 0 Å². The Morgan fingerprint density at radius 2 is 1.84 bits per heavy atom. The Morgan fingerprint density at radius 1 is 1.24 bits per heavy atom. The molecule has 2 fully saturated rings. The number of carbonyl (C=O) groups excluding carboxylic acids is 2. The third-order valence-electron chi connectivity index (χ3n) is 5.03. The number of fused-ring (bicyclic) bond motifs is 5. The Bertz CT molecular complexity index is 851. The molecule has 4 atom stereocenters. The van der Waals surface area contributed by atoms with Crippen LogP contribution in [0.25, 0.3) is 0 Å². The van der Waals surface area contributed by atoms with Crippen LogP contribution in [0.2, 0.25) is 0 Å². The average molecular weight is 406 g/mol. The van der Waals surface area contributed by atoms with Gasteiger partial charge in [0.2, 0.25) is 5.75 Å². The fourth-order valence-corrected chi connectivity index (χ4v) is 4.41. The van der Waals surface area contributed by atoms with Crippen molar-refractivity contribution in [2.75, 3.05) is 0 Å². The summed E-state index contributed by atoms with van der Waals surface area (Å²) < 4.78 is 0.126. The highest BCUT2D eigenvalue weighted by atomic mass is 79.9. The van der Waals surface area contributed by atoms with E-state index in [2.05, 4.69) is 21.0 Å². The molecular formula is C16H12BrN3O5. The quantitative estimate of drug-likeness (QED) is 0.272. The fraction of sp³-hybridized carbons (Fsp3) is 0.312. The second-order valence-electron chi connectivity index (χ2n) is 6.36. The average Bonchev–Trinajstić information content (AvgIpc) is 3.23. The number of nitrogens with zero attached hydrogens (tertiary/aromatic N) is 3. The van der Waals surface area contributed by atoms with Crippen molar-refractivity contribution in [3.63, 3.8) is 0 Å². The van der Waals surface area contributed by atoms with E-state index in [4.69, 9.17) is 0 Å². The van der Waals surface area contributed by atoms with E-state index in [0.717, 1.165) is 17.5 Å². The molecule has 2 bridgehead atoms. The number of nitro groups is 1. The van der Waals surface area contributed by atoms with E-state index in [9.17, 15) is 24.8 Å². The molecule has 1 saturated carbocycles. The molecule has 1 N–H and O–H groups in total. The molecule has 1 aliphatic heterocycles. The molecule has 0 radical (unpaired) electrons. The van der Waals surface area contributed by atoms with Crippen molar-refractivity contribution in [2.24, 2.45) is 28.8 Å². The zero-order valence-corrected chi connectivity index (χ0v) is 14.3. The van der Waals surface area contributed by atoms with Crippen LogP contribution in [-0.4, -0.2) is 33.1 Å². The molecular weight excluding hydrogens is 394 g/mol. The Hall–Kier alpha value is -2.55. The summed E-state index contributed by atoms with van der Waals surface area (Å²) in [5.74, 6) is -1.65. The molecule has 9 heteroatoms. The summed E-state index contributed by atoms with van der Waals surface area (Å²) in [5, 5.41) is 25.5. The van der Waals surface area contributed by atoms with Crippen molar-refractivity contribution in [2.45, 2.75) is 6.42 Å². The lowest BCUT2D eigenvalue weighted by Gasteiger charge is -2.13. The van der Waals surface area contributed by atoms with Crippen LogP contribution in [0.4, 0.5) is 5.69 Å². The van der Waals surface area contributed by atoms with Crippen molar-refractivity contribution in [1.82, 2.24) is 5.01 Å². The van der Waals surface area contributed by atoms with Gasteiger partial charge in [-0.1, -0.05) is 12.2 Å². The fourth-order valence-electron chi connectivity index (χ4n) is 3.94. The number of nitro benzene ring substituents is 1. The van der Waals surface area contributed by atoms with Crippen LogP contribution < -0.4 is 0 Å². The van der Waals surface area contributed by atoms with Crippen LogP contribution in [0.5, 0.6) is 5.75 Å². The zero-order valence-electron chi connectivity index (χ0n) is 12.7. The molecule has 1 aromatic carbocycles. The lowest BCUT2D eigenvalue weighted by molar-refractivity contribution is -0.386. The predicted octanol–water partition coefficient (Wildman–Crippen LogP) is 2.20. The van der Waals surface area contributed by atoms with Gasteiger partial charge in [-0.2, -0.15) is 10.1 Å². The van der Waals surface area contributed by atoms with Gasteiger partial charge >= 0.3 is 5.69 Å². The molecule has 1 aromatic rings. The molecule has 0 aromatic heterocycles. The first-order valence-corrected chi connectivity index (χ1v) is 8.45. The van der Waals surface area contributed by atoms with Crippen LogP contribution >= 0.6 is 15.9 Å². The lowest BCUT2D eigenvalue weighted by atomic mass is 9.85. The number of rotatable bonds is 3. The van der Waals surface area contributed by atoms with Gasteiger partial charge in [0, 0.05) is 11.6 Å². The molecule has 1 heterocycles. The number of aromatic hydroxyl groups is 1. The van der Waals surface area contributed by atoms with Crippen molar-refractivity contribution < 1.29 is 19.6 Å². The normalized spacial score (nSPS) is 29.9. The topological polar surface area (TPSA) is 113 Å². The minimum Gasteiger partial charge on any atom is -0.501 e. The third kappa shape index (κ3) is 2.30. The van der Waals surface area contributed by atoms with Crippen molar-refractivity contribution in [3.05, 3.63) is 44.4 Å². The molecule has 2 aliphatic carbocycles. The monoisotopic (exact) mass is 405 g/mol. The van der Waals surface area contributed by atoms with E-state index in [1.165, 1.54) is 12.3 Å². The molecule has 25 heavy (non-hydrogen) atoms.